The summed E-state index contributed by atoms with van der Waals surface area (Å²) < 4.78 is 15.6. The summed E-state index contributed by atoms with van der Waals surface area (Å²) >= 11 is 0. The average molecular weight is 359 g/mol. The molecule has 0 aliphatic rings. The molecule has 0 spiro atoms. The van der Waals surface area contributed by atoms with Crippen LogP contribution >= 0.6 is 0 Å². The maximum atomic E-state index is 12.2. The van der Waals surface area contributed by atoms with Gasteiger partial charge >= 0.3 is 0 Å². The van der Waals surface area contributed by atoms with Crippen LogP contribution in [0, 0.1) is 10.1 Å². The van der Waals surface area contributed by atoms with Crippen LogP contribution in [0.2, 0.25) is 0 Å². The highest BCUT2D eigenvalue weighted by atomic mass is 16.6. The number of carbonyl (C=O) groups excluding carboxylic acids is 1. The van der Waals surface area contributed by atoms with Gasteiger partial charge in [-0.1, -0.05) is 0 Å². The molecule has 1 N–H and O–H groups in total. The second-order valence-electron chi connectivity index (χ2n) is 4.96. The molecule has 0 radical (unpaired) electrons. The third kappa shape index (κ3) is 4.26. The topological polar surface area (TPSA) is 112 Å². The lowest BCUT2D eigenvalue weighted by Gasteiger charge is -2.13. The Kier molecular flexibility index (Phi) is 6.10. The maximum Gasteiger partial charge on any atom is 0.271 e. The minimum atomic E-state index is -0.493. The quantitative estimate of drug-likeness (QED) is 0.461. The van der Waals surface area contributed by atoms with Gasteiger partial charge in [-0.15, -0.1) is 0 Å². The number of non-ortho nitro benzene ring substituents is 1. The van der Waals surface area contributed by atoms with Crippen LogP contribution in [0.1, 0.15) is 15.9 Å². The van der Waals surface area contributed by atoms with Crippen molar-refractivity contribution in [3.8, 4) is 17.2 Å². The molecule has 26 heavy (non-hydrogen) atoms. The summed E-state index contributed by atoms with van der Waals surface area (Å²) in [6.45, 7) is 0. The van der Waals surface area contributed by atoms with Gasteiger partial charge in [0.15, 0.2) is 11.5 Å². The van der Waals surface area contributed by atoms with Gasteiger partial charge in [0.1, 0.15) is 0 Å². The standard InChI is InChI=1S/C17H17N3O6/c1-24-14-8-12(9-15(25-2)16(14)26-3)17(21)19-18-10-11-4-6-13(7-5-11)20(22)23/h4-10H,1-3H3,(H,19,21)/b18-10-. The van der Waals surface area contributed by atoms with Crippen LogP contribution in [0.3, 0.4) is 0 Å². The normalized spacial score (nSPS) is 10.4. The number of nitro groups is 1. The summed E-state index contributed by atoms with van der Waals surface area (Å²) in [6, 6.07) is 8.74. The van der Waals surface area contributed by atoms with Gasteiger partial charge in [0, 0.05) is 17.7 Å². The smallest absolute Gasteiger partial charge is 0.271 e. The number of ether oxygens (including phenoxy) is 3. The lowest BCUT2D eigenvalue weighted by atomic mass is 10.1. The molecule has 0 saturated heterocycles. The van der Waals surface area contributed by atoms with Gasteiger partial charge in [-0.25, -0.2) is 5.43 Å². The van der Waals surface area contributed by atoms with Crippen molar-refractivity contribution in [1.82, 2.24) is 5.43 Å². The van der Waals surface area contributed by atoms with E-state index in [2.05, 4.69) is 10.5 Å². The third-order valence-corrected chi connectivity index (χ3v) is 3.41. The van der Waals surface area contributed by atoms with Crippen LogP contribution in [-0.2, 0) is 0 Å². The predicted molar refractivity (Wildman–Crippen MR) is 94.3 cm³/mol. The summed E-state index contributed by atoms with van der Waals surface area (Å²) in [4.78, 5) is 22.4. The number of hydrogen-bond acceptors (Lipinski definition) is 7. The molecule has 0 fully saturated rings. The Hall–Kier alpha value is -3.62. The van der Waals surface area contributed by atoms with E-state index in [0.29, 0.717) is 22.8 Å². The molecule has 0 aromatic heterocycles. The van der Waals surface area contributed by atoms with E-state index in [1.165, 1.54) is 63.9 Å². The Morgan fingerprint density at radius 2 is 1.65 bits per heavy atom. The fourth-order valence-corrected chi connectivity index (χ4v) is 2.12. The van der Waals surface area contributed by atoms with Gasteiger partial charge < -0.3 is 14.2 Å². The lowest BCUT2D eigenvalue weighted by molar-refractivity contribution is -0.384. The molecule has 0 aliphatic carbocycles. The summed E-state index contributed by atoms with van der Waals surface area (Å²) in [6.07, 6.45) is 1.37. The van der Waals surface area contributed by atoms with Crippen LogP contribution in [0.5, 0.6) is 17.2 Å². The predicted octanol–water partition coefficient (Wildman–Crippen LogP) is 2.38. The van der Waals surface area contributed by atoms with E-state index in [1.54, 1.807) is 0 Å². The van der Waals surface area contributed by atoms with E-state index in [-0.39, 0.29) is 11.3 Å². The fraction of sp³-hybridized carbons (Fsp3) is 0.176. The number of methoxy groups -OCH3 is 3. The van der Waals surface area contributed by atoms with E-state index in [9.17, 15) is 14.9 Å². The number of carbonyl (C=O) groups is 1. The van der Waals surface area contributed by atoms with E-state index < -0.39 is 10.8 Å². The number of amides is 1. The zero-order valence-electron chi connectivity index (χ0n) is 14.4. The van der Waals surface area contributed by atoms with E-state index in [1.807, 2.05) is 0 Å². The third-order valence-electron chi connectivity index (χ3n) is 3.41. The molecule has 9 heteroatoms. The monoisotopic (exact) mass is 359 g/mol. The second-order valence-corrected chi connectivity index (χ2v) is 4.96. The van der Waals surface area contributed by atoms with Gasteiger partial charge in [-0.3, -0.25) is 14.9 Å². The number of hydrogen-bond donors (Lipinski definition) is 1. The Bertz CT molecular complexity index is 808. The molecular formula is C17H17N3O6. The summed E-state index contributed by atoms with van der Waals surface area (Å²) in [5, 5.41) is 14.4. The van der Waals surface area contributed by atoms with Crippen LogP contribution in [0.4, 0.5) is 5.69 Å². The molecule has 9 nitrogen and oxygen atoms in total. The fourth-order valence-electron chi connectivity index (χ4n) is 2.12. The van der Waals surface area contributed by atoms with Gasteiger partial charge in [-0.05, 0) is 29.8 Å². The zero-order chi connectivity index (χ0) is 19.1. The van der Waals surface area contributed by atoms with Crippen molar-refractivity contribution in [2.45, 2.75) is 0 Å². The first-order valence-electron chi connectivity index (χ1n) is 7.38. The largest absolute Gasteiger partial charge is 0.493 e. The Morgan fingerprint density at radius 3 is 2.12 bits per heavy atom. The number of benzene rings is 2. The Balaban J connectivity index is 2.13. The number of nitrogens with one attached hydrogen (secondary N) is 1. The molecule has 0 saturated carbocycles. The molecule has 0 heterocycles. The first kappa shape index (κ1) is 18.7. The van der Waals surface area contributed by atoms with Gasteiger partial charge in [-0.2, -0.15) is 5.10 Å². The van der Waals surface area contributed by atoms with E-state index >= 15 is 0 Å². The van der Waals surface area contributed by atoms with Crippen molar-refractivity contribution >= 4 is 17.8 Å². The van der Waals surface area contributed by atoms with Crippen LogP contribution in [0.15, 0.2) is 41.5 Å². The van der Waals surface area contributed by atoms with E-state index in [0.717, 1.165) is 0 Å². The molecular weight excluding hydrogens is 342 g/mol. The Morgan fingerprint density at radius 1 is 1.08 bits per heavy atom. The molecule has 1 amide bonds. The summed E-state index contributed by atoms with van der Waals surface area (Å²) in [5.74, 6) is 0.580. The Labute approximate surface area is 149 Å². The lowest BCUT2D eigenvalue weighted by Crippen LogP contribution is -2.18. The highest BCUT2D eigenvalue weighted by Gasteiger charge is 2.16. The number of rotatable bonds is 7. The molecule has 0 unspecified atom stereocenters. The van der Waals surface area contributed by atoms with Crippen LogP contribution in [-0.4, -0.2) is 38.4 Å². The van der Waals surface area contributed by atoms with Crippen molar-refractivity contribution in [1.29, 1.82) is 0 Å². The van der Waals surface area contributed by atoms with Crippen molar-refractivity contribution in [2.24, 2.45) is 5.10 Å². The van der Waals surface area contributed by atoms with Crippen molar-refractivity contribution < 1.29 is 23.9 Å². The number of hydrazone groups is 1. The van der Waals surface area contributed by atoms with Gasteiger partial charge in [0.2, 0.25) is 5.75 Å². The zero-order valence-corrected chi connectivity index (χ0v) is 14.4. The van der Waals surface area contributed by atoms with Crippen molar-refractivity contribution in [3.63, 3.8) is 0 Å². The SMILES string of the molecule is COc1cc(C(=O)N/N=C\c2ccc([N+](=O)[O-])cc2)cc(OC)c1OC. The first-order chi connectivity index (χ1) is 12.5. The highest BCUT2D eigenvalue weighted by Crippen LogP contribution is 2.38. The molecule has 2 aromatic rings. The van der Waals surface area contributed by atoms with E-state index in [4.69, 9.17) is 14.2 Å². The molecule has 0 aliphatic heterocycles. The molecule has 0 atom stereocenters. The second kappa shape index (κ2) is 8.47. The van der Waals surface area contributed by atoms with Gasteiger partial charge in [0.25, 0.3) is 11.6 Å². The summed E-state index contributed by atoms with van der Waals surface area (Å²) in [7, 11) is 4.37. The minimum absolute atomic E-state index is 0.0244. The highest BCUT2D eigenvalue weighted by molar-refractivity contribution is 5.96. The molecule has 2 rings (SSSR count). The van der Waals surface area contributed by atoms with Crippen molar-refractivity contribution in [2.75, 3.05) is 21.3 Å². The maximum absolute atomic E-state index is 12.2. The number of nitrogens with zero attached hydrogens (tertiary/aromatic N) is 2. The molecule has 0 bridgehead atoms. The number of nitro benzene ring substituents is 1. The minimum Gasteiger partial charge on any atom is -0.493 e. The van der Waals surface area contributed by atoms with Gasteiger partial charge in [0.05, 0.1) is 32.5 Å². The van der Waals surface area contributed by atoms with Crippen molar-refractivity contribution in [3.05, 3.63) is 57.6 Å². The summed E-state index contributed by atoms with van der Waals surface area (Å²) in [5.41, 5.74) is 3.21. The van der Waals surface area contributed by atoms with Crippen LogP contribution in [0.25, 0.3) is 0 Å². The first-order valence-corrected chi connectivity index (χ1v) is 7.38. The average Bonchev–Trinajstić information content (AvgIpc) is 2.66. The van der Waals surface area contributed by atoms with Crippen LogP contribution < -0.4 is 19.6 Å². The molecule has 136 valence electrons. The molecule has 2 aromatic carbocycles.